The van der Waals surface area contributed by atoms with Crippen LogP contribution in [0.3, 0.4) is 0 Å². The van der Waals surface area contributed by atoms with Crippen molar-refractivity contribution in [3.05, 3.63) is 88.3 Å². The van der Waals surface area contributed by atoms with E-state index in [1.807, 2.05) is 41.0 Å². The van der Waals surface area contributed by atoms with Crippen molar-refractivity contribution in [2.75, 3.05) is 0 Å². The van der Waals surface area contributed by atoms with Gasteiger partial charge in [0.25, 0.3) is 5.91 Å². The van der Waals surface area contributed by atoms with Crippen molar-refractivity contribution in [3.63, 3.8) is 0 Å². The highest BCUT2D eigenvalue weighted by Crippen LogP contribution is 2.31. The molecule has 4 rings (SSSR count). The third kappa shape index (κ3) is 2.88. The summed E-state index contributed by atoms with van der Waals surface area (Å²) < 4.78 is 2.73. The Kier molecular flexibility index (Phi) is 4.26. The van der Waals surface area contributed by atoms with Crippen molar-refractivity contribution in [3.8, 4) is 5.69 Å². The molecule has 1 amide bonds. The van der Waals surface area contributed by atoms with Crippen molar-refractivity contribution >= 4 is 33.0 Å². The first kappa shape index (κ1) is 16.5. The Balaban J connectivity index is 1.99. The van der Waals surface area contributed by atoms with Gasteiger partial charge >= 0.3 is 0 Å². The number of fused-ring (bicyclic) bond motifs is 1. The number of hydrogen-bond donors (Lipinski definition) is 1. The van der Waals surface area contributed by atoms with E-state index in [0.29, 0.717) is 23.3 Å². The van der Waals surface area contributed by atoms with Gasteiger partial charge < -0.3 is 5.73 Å². The maximum Gasteiger partial charge on any atom is 0.250 e. The van der Waals surface area contributed by atoms with Gasteiger partial charge in [-0.3, -0.25) is 9.36 Å². The fourth-order valence-electron chi connectivity index (χ4n) is 3.07. The van der Waals surface area contributed by atoms with Crippen molar-refractivity contribution in [1.29, 1.82) is 0 Å². The van der Waals surface area contributed by atoms with Crippen LogP contribution in [0.4, 0.5) is 0 Å². The molecule has 2 heterocycles. The van der Waals surface area contributed by atoms with Gasteiger partial charge in [0.05, 0.1) is 11.3 Å². The van der Waals surface area contributed by atoms with Gasteiger partial charge in [0.15, 0.2) is 5.65 Å². The number of carbonyl (C=O) groups is 1. The summed E-state index contributed by atoms with van der Waals surface area (Å²) >= 11 is 3.63. The lowest BCUT2D eigenvalue weighted by molar-refractivity contribution is 0.1000. The molecule has 0 atom stereocenters. The van der Waals surface area contributed by atoms with Gasteiger partial charge in [-0.1, -0.05) is 46.3 Å². The molecule has 0 aliphatic rings. The van der Waals surface area contributed by atoms with E-state index in [4.69, 9.17) is 5.73 Å². The Bertz CT molecular complexity index is 1110. The number of nitrogens with zero attached hydrogens (tertiary/aromatic N) is 3. The number of rotatable bonds is 4. The predicted molar refractivity (Wildman–Crippen MR) is 104 cm³/mol. The quantitative estimate of drug-likeness (QED) is 0.558. The fraction of sp³-hybridized carbons (Fsp3) is 0.0500. The average Bonchev–Trinajstić information content (AvgIpc) is 3.08. The SMILES string of the molecule is NC(=O)c1ccc(Br)c(Cc2ccccc2)c1-n1cnc2cccnc21. The minimum atomic E-state index is -0.486. The molecule has 5 nitrogen and oxygen atoms in total. The lowest BCUT2D eigenvalue weighted by atomic mass is 9.99. The Labute approximate surface area is 158 Å². The van der Waals surface area contributed by atoms with Crippen molar-refractivity contribution < 1.29 is 4.79 Å². The predicted octanol–water partition coefficient (Wildman–Crippen LogP) is 3.87. The van der Waals surface area contributed by atoms with Gasteiger partial charge in [0, 0.05) is 17.1 Å². The van der Waals surface area contributed by atoms with E-state index in [1.54, 1.807) is 18.6 Å². The van der Waals surface area contributed by atoms with Crippen LogP contribution in [-0.2, 0) is 6.42 Å². The summed E-state index contributed by atoms with van der Waals surface area (Å²) in [5, 5.41) is 0. The van der Waals surface area contributed by atoms with Crippen LogP contribution in [0.15, 0.2) is 71.6 Å². The Morgan fingerprint density at radius 3 is 2.62 bits per heavy atom. The zero-order valence-electron chi connectivity index (χ0n) is 13.8. The lowest BCUT2D eigenvalue weighted by Gasteiger charge is -2.16. The molecule has 26 heavy (non-hydrogen) atoms. The summed E-state index contributed by atoms with van der Waals surface area (Å²) in [5.41, 5.74) is 10.3. The molecule has 0 aliphatic heterocycles. The number of aromatic nitrogens is 3. The van der Waals surface area contributed by atoms with E-state index in [2.05, 4.69) is 38.0 Å². The molecular formula is C20H15BrN4O. The normalized spacial score (nSPS) is 11.0. The molecule has 0 aliphatic carbocycles. The largest absolute Gasteiger partial charge is 0.366 e. The van der Waals surface area contributed by atoms with Crippen LogP contribution >= 0.6 is 15.9 Å². The summed E-state index contributed by atoms with van der Waals surface area (Å²) in [5.74, 6) is -0.486. The third-order valence-electron chi connectivity index (χ3n) is 4.26. The average molecular weight is 407 g/mol. The molecule has 6 heteroatoms. The summed E-state index contributed by atoms with van der Waals surface area (Å²) in [6.07, 6.45) is 4.03. The number of primary amides is 1. The Morgan fingerprint density at radius 2 is 1.85 bits per heavy atom. The van der Waals surface area contributed by atoms with Gasteiger partial charge in [-0.25, -0.2) is 9.97 Å². The zero-order valence-corrected chi connectivity index (χ0v) is 15.3. The molecule has 0 radical (unpaired) electrons. The van der Waals surface area contributed by atoms with Gasteiger partial charge in [-0.05, 0) is 35.4 Å². The number of hydrogen-bond acceptors (Lipinski definition) is 3. The molecule has 4 aromatic rings. The van der Waals surface area contributed by atoms with E-state index < -0.39 is 5.91 Å². The monoisotopic (exact) mass is 406 g/mol. The number of halogens is 1. The maximum absolute atomic E-state index is 12.1. The summed E-state index contributed by atoms with van der Waals surface area (Å²) in [6, 6.07) is 17.4. The molecule has 0 saturated carbocycles. The minimum absolute atomic E-state index is 0.434. The molecular weight excluding hydrogens is 392 g/mol. The van der Waals surface area contributed by atoms with E-state index in [9.17, 15) is 4.79 Å². The topological polar surface area (TPSA) is 73.8 Å². The van der Waals surface area contributed by atoms with Crippen molar-refractivity contribution in [2.45, 2.75) is 6.42 Å². The number of carbonyl (C=O) groups excluding carboxylic acids is 1. The van der Waals surface area contributed by atoms with Gasteiger partial charge in [0.2, 0.25) is 0 Å². The molecule has 2 aromatic carbocycles. The summed E-state index contributed by atoms with van der Waals surface area (Å²) in [7, 11) is 0. The molecule has 0 spiro atoms. The molecule has 128 valence electrons. The smallest absolute Gasteiger partial charge is 0.250 e. The second-order valence-electron chi connectivity index (χ2n) is 5.91. The highest BCUT2D eigenvalue weighted by molar-refractivity contribution is 9.10. The summed E-state index contributed by atoms with van der Waals surface area (Å²) in [4.78, 5) is 21.0. The second kappa shape index (κ2) is 6.72. The Morgan fingerprint density at radius 1 is 1.04 bits per heavy atom. The standard InChI is InChI=1S/C20H15BrN4O/c21-16-9-8-14(19(22)26)18(15(16)11-13-5-2-1-3-6-13)25-12-24-17-7-4-10-23-20(17)25/h1-10,12H,11H2,(H2,22,26). The molecule has 0 saturated heterocycles. The second-order valence-corrected chi connectivity index (χ2v) is 6.76. The van der Waals surface area contributed by atoms with Gasteiger partial charge in [-0.15, -0.1) is 0 Å². The number of pyridine rings is 1. The maximum atomic E-state index is 12.1. The number of imidazole rings is 1. The van der Waals surface area contributed by atoms with E-state index in [0.717, 1.165) is 21.1 Å². The minimum Gasteiger partial charge on any atom is -0.366 e. The first-order chi connectivity index (χ1) is 12.6. The van der Waals surface area contributed by atoms with Crippen LogP contribution in [-0.4, -0.2) is 20.4 Å². The molecule has 2 aromatic heterocycles. The van der Waals surface area contributed by atoms with Crippen LogP contribution in [0.2, 0.25) is 0 Å². The van der Waals surface area contributed by atoms with E-state index >= 15 is 0 Å². The lowest BCUT2D eigenvalue weighted by Crippen LogP contribution is -2.16. The first-order valence-corrected chi connectivity index (χ1v) is 8.88. The van der Waals surface area contributed by atoms with Crippen LogP contribution < -0.4 is 5.73 Å². The van der Waals surface area contributed by atoms with E-state index in [1.165, 1.54) is 0 Å². The van der Waals surface area contributed by atoms with Gasteiger partial charge in [-0.2, -0.15) is 0 Å². The van der Waals surface area contributed by atoms with Crippen molar-refractivity contribution in [2.24, 2.45) is 5.73 Å². The van der Waals surface area contributed by atoms with Gasteiger partial charge in [0.1, 0.15) is 11.8 Å². The number of benzene rings is 2. The van der Waals surface area contributed by atoms with E-state index in [-0.39, 0.29) is 0 Å². The van der Waals surface area contributed by atoms with Crippen LogP contribution in [0.1, 0.15) is 21.5 Å². The highest BCUT2D eigenvalue weighted by Gasteiger charge is 2.20. The highest BCUT2D eigenvalue weighted by atomic mass is 79.9. The van der Waals surface area contributed by atoms with Crippen LogP contribution in [0, 0.1) is 0 Å². The van der Waals surface area contributed by atoms with Crippen LogP contribution in [0.25, 0.3) is 16.9 Å². The molecule has 2 N–H and O–H groups in total. The molecule has 0 fully saturated rings. The first-order valence-electron chi connectivity index (χ1n) is 8.08. The third-order valence-corrected chi connectivity index (χ3v) is 5.01. The Hall–Kier alpha value is -2.99. The number of nitrogens with two attached hydrogens (primary N) is 1. The van der Waals surface area contributed by atoms with Crippen LogP contribution in [0.5, 0.6) is 0 Å². The summed E-state index contributed by atoms with van der Waals surface area (Å²) in [6.45, 7) is 0. The number of amides is 1. The van der Waals surface area contributed by atoms with Crippen molar-refractivity contribution in [1.82, 2.24) is 14.5 Å². The zero-order chi connectivity index (χ0) is 18.1. The fourth-order valence-corrected chi connectivity index (χ4v) is 3.53. The molecule has 0 bridgehead atoms. The molecule has 0 unspecified atom stereocenters.